The van der Waals surface area contributed by atoms with Crippen LogP contribution in [-0.4, -0.2) is 31.0 Å². The van der Waals surface area contributed by atoms with Gasteiger partial charge < -0.3 is 4.90 Å². The highest BCUT2D eigenvalue weighted by molar-refractivity contribution is 7.94. The lowest BCUT2D eigenvalue weighted by Crippen LogP contribution is -2.39. The van der Waals surface area contributed by atoms with E-state index in [1.807, 2.05) is 36.6 Å². The number of nitrogens with zero attached hydrogens (tertiary/aromatic N) is 1. The summed E-state index contributed by atoms with van der Waals surface area (Å²) >= 11 is 7.57. The van der Waals surface area contributed by atoms with Gasteiger partial charge in [0.15, 0.2) is 9.84 Å². The molecule has 140 valence electrons. The van der Waals surface area contributed by atoms with Crippen LogP contribution in [0.1, 0.15) is 23.8 Å². The van der Waals surface area contributed by atoms with E-state index in [0.29, 0.717) is 11.6 Å². The zero-order valence-corrected chi connectivity index (χ0v) is 17.0. The predicted octanol–water partition coefficient (Wildman–Crippen LogP) is 4.31. The maximum absolute atomic E-state index is 12.8. The number of halogens is 1. The Morgan fingerprint density at radius 2 is 2.00 bits per heavy atom. The number of amides is 1. The van der Waals surface area contributed by atoms with E-state index in [1.54, 1.807) is 28.4 Å². The van der Waals surface area contributed by atoms with E-state index in [1.165, 1.54) is 4.88 Å². The second-order valence-electron chi connectivity index (χ2n) is 6.06. The maximum atomic E-state index is 12.8. The van der Waals surface area contributed by atoms with Crippen LogP contribution in [0.15, 0.2) is 53.8 Å². The molecule has 4 nitrogen and oxygen atoms in total. The van der Waals surface area contributed by atoms with Gasteiger partial charge in [0.25, 0.3) is 0 Å². The fraction of sp³-hybridized carbons (Fsp3) is 0.316. The molecule has 1 unspecified atom stereocenters. The van der Waals surface area contributed by atoms with Gasteiger partial charge in [0.05, 0.1) is 5.75 Å². The van der Waals surface area contributed by atoms with Crippen molar-refractivity contribution in [2.45, 2.75) is 32.4 Å². The first kappa shape index (κ1) is 20.7. The van der Waals surface area contributed by atoms with E-state index in [-0.39, 0.29) is 24.1 Å². The van der Waals surface area contributed by atoms with Gasteiger partial charge >= 0.3 is 0 Å². The number of benzene rings is 1. The minimum absolute atomic E-state index is 0.0525. The molecule has 0 fully saturated rings. The van der Waals surface area contributed by atoms with Crippen LogP contribution in [0.2, 0.25) is 5.02 Å². The molecule has 7 heteroatoms. The Morgan fingerprint density at radius 1 is 1.31 bits per heavy atom. The third-order valence-electron chi connectivity index (χ3n) is 4.05. The molecule has 1 heterocycles. The van der Waals surface area contributed by atoms with Gasteiger partial charge in [0.1, 0.15) is 0 Å². The van der Waals surface area contributed by atoms with Gasteiger partial charge in [-0.3, -0.25) is 4.79 Å². The van der Waals surface area contributed by atoms with Gasteiger partial charge in [-0.25, -0.2) is 8.42 Å². The molecule has 2 aromatic rings. The van der Waals surface area contributed by atoms with Gasteiger partial charge in [-0.15, -0.1) is 11.3 Å². The molecule has 26 heavy (non-hydrogen) atoms. The van der Waals surface area contributed by atoms with Crippen LogP contribution in [0, 0.1) is 0 Å². The van der Waals surface area contributed by atoms with Crippen LogP contribution in [-0.2, 0) is 27.6 Å². The number of hydrogen-bond donors (Lipinski definition) is 0. The van der Waals surface area contributed by atoms with E-state index >= 15 is 0 Å². The monoisotopic (exact) mass is 411 g/mol. The lowest BCUT2D eigenvalue weighted by Gasteiger charge is -2.29. The van der Waals surface area contributed by atoms with E-state index in [4.69, 9.17) is 11.6 Å². The second-order valence-corrected chi connectivity index (χ2v) is 9.60. The van der Waals surface area contributed by atoms with E-state index < -0.39 is 9.84 Å². The van der Waals surface area contributed by atoms with Gasteiger partial charge in [0.2, 0.25) is 5.91 Å². The molecule has 1 aromatic heterocycles. The van der Waals surface area contributed by atoms with Crippen LogP contribution in [0.25, 0.3) is 0 Å². The van der Waals surface area contributed by atoms with Crippen molar-refractivity contribution in [2.75, 3.05) is 5.75 Å². The average molecular weight is 412 g/mol. The molecule has 0 aliphatic heterocycles. The topological polar surface area (TPSA) is 54.5 Å². The summed E-state index contributed by atoms with van der Waals surface area (Å²) < 4.78 is 23.3. The summed E-state index contributed by atoms with van der Waals surface area (Å²) in [5.74, 6) is -0.410. The fourth-order valence-electron chi connectivity index (χ4n) is 2.56. The molecule has 0 saturated carbocycles. The molecule has 1 aromatic carbocycles. The first-order chi connectivity index (χ1) is 12.3. The number of carbonyl (C=O) groups excluding carboxylic acids is 1. The molecule has 2 rings (SSSR count). The zero-order valence-electron chi connectivity index (χ0n) is 14.6. The molecule has 0 saturated heterocycles. The third kappa shape index (κ3) is 6.27. The third-order valence-corrected chi connectivity index (χ3v) is 6.48. The first-order valence-corrected chi connectivity index (χ1v) is 11.2. The van der Waals surface area contributed by atoms with E-state index in [9.17, 15) is 13.2 Å². The summed E-state index contributed by atoms with van der Waals surface area (Å²) in [5.41, 5.74) is 0.951. The standard InChI is InChI=1S/C19H22ClNO3S2/c1-3-26(23,24)12-10-19(22)21(14-16-6-8-17(20)9-7-16)15(2)13-18-5-4-11-25-18/h3-9,11,15H,1,10,12-14H2,2H3. The summed E-state index contributed by atoms with van der Waals surface area (Å²) in [6, 6.07) is 11.3. The second kappa shape index (κ2) is 9.35. The highest BCUT2D eigenvalue weighted by Crippen LogP contribution is 2.19. The molecule has 1 atom stereocenters. The van der Waals surface area contributed by atoms with Gasteiger partial charge in [-0.05, 0) is 36.1 Å². The Labute approximate surface area is 164 Å². The Hall–Kier alpha value is -1.63. The van der Waals surface area contributed by atoms with Crippen molar-refractivity contribution in [3.63, 3.8) is 0 Å². The Kier molecular flexibility index (Phi) is 7.43. The number of rotatable bonds is 9. The zero-order chi connectivity index (χ0) is 19.2. The van der Waals surface area contributed by atoms with Gasteiger partial charge in [0, 0.05) is 40.7 Å². The van der Waals surface area contributed by atoms with Crippen LogP contribution in [0.5, 0.6) is 0 Å². The van der Waals surface area contributed by atoms with Crippen molar-refractivity contribution >= 4 is 38.7 Å². The summed E-state index contributed by atoms with van der Waals surface area (Å²) in [6.07, 6.45) is 0.669. The van der Waals surface area contributed by atoms with Crippen molar-refractivity contribution in [1.29, 1.82) is 0 Å². The molecule has 0 radical (unpaired) electrons. The fourth-order valence-corrected chi connectivity index (χ4v) is 4.14. The highest BCUT2D eigenvalue weighted by Gasteiger charge is 2.22. The highest BCUT2D eigenvalue weighted by atomic mass is 35.5. The minimum Gasteiger partial charge on any atom is -0.335 e. The normalized spacial score (nSPS) is 12.5. The number of sulfone groups is 1. The average Bonchev–Trinajstić information content (AvgIpc) is 3.12. The lowest BCUT2D eigenvalue weighted by atomic mass is 10.1. The molecule has 0 aliphatic rings. The summed E-state index contributed by atoms with van der Waals surface area (Å²) in [7, 11) is -3.40. The van der Waals surface area contributed by atoms with Crippen molar-refractivity contribution < 1.29 is 13.2 Å². The van der Waals surface area contributed by atoms with Gasteiger partial charge in [-0.2, -0.15) is 0 Å². The summed E-state index contributed by atoms with van der Waals surface area (Å²) in [6.45, 7) is 5.69. The number of thiophene rings is 1. The summed E-state index contributed by atoms with van der Waals surface area (Å²) in [5, 5.41) is 3.54. The molecule has 0 N–H and O–H groups in total. The van der Waals surface area contributed by atoms with Gasteiger partial charge in [-0.1, -0.05) is 36.4 Å². The maximum Gasteiger partial charge on any atom is 0.224 e. The predicted molar refractivity (Wildman–Crippen MR) is 108 cm³/mol. The molecular weight excluding hydrogens is 390 g/mol. The number of hydrogen-bond acceptors (Lipinski definition) is 4. The lowest BCUT2D eigenvalue weighted by molar-refractivity contribution is -0.133. The quantitative estimate of drug-likeness (QED) is 0.617. The van der Waals surface area contributed by atoms with Crippen molar-refractivity contribution in [1.82, 2.24) is 4.90 Å². The molecular formula is C19H22ClNO3S2. The Morgan fingerprint density at radius 3 is 2.58 bits per heavy atom. The summed E-state index contributed by atoms with van der Waals surface area (Å²) in [4.78, 5) is 15.7. The first-order valence-electron chi connectivity index (χ1n) is 8.22. The van der Waals surface area contributed by atoms with Crippen LogP contribution >= 0.6 is 22.9 Å². The Balaban J connectivity index is 2.14. The van der Waals surface area contributed by atoms with Crippen molar-refractivity contribution in [3.05, 3.63) is 69.2 Å². The van der Waals surface area contributed by atoms with E-state index in [2.05, 4.69) is 6.58 Å². The molecule has 1 amide bonds. The van der Waals surface area contributed by atoms with Crippen molar-refractivity contribution in [2.24, 2.45) is 0 Å². The molecule has 0 spiro atoms. The molecule has 0 aliphatic carbocycles. The molecule has 0 bridgehead atoms. The van der Waals surface area contributed by atoms with Crippen LogP contribution < -0.4 is 0 Å². The SMILES string of the molecule is C=CS(=O)(=O)CCC(=O)N(Cc1ccc(Cl)cc1)C(C)Cc1cccs1. The Bertz CT molecular complexity index is 830. The van der Waals surface area contributed by atoms with Crippen LogP contribution in [0.4, 0.5) is 0 Å². The number of carbonyl (C=O) groups is 1. The minimum atomic E-state index is -3.40. The van der Waals surface area contributed by atoms with E-state index in [0.717, 1.165) is 17.4 Å². The van der Waals surface area contributed by atoms with Crippen molar-refractivity contribution in [3.8, 4) is 0 Å². The van der Waals surface area contributed by atoms with Crippen LogP contribution in [0.3, 0.4) is 0 Å². The largest absolute Gasteiger partial charge is 0.335 e. The smallest absolute Gasteiger partial charge is 0.224 e.